The Morgan fingerprint density at radius 1 is 1.40 bits per heavy atom. The molecule has 4 heteroatoms. The fourth-order valence-electron chi connectivity index (χ4n) is 3.05. The van der Waals surface area contributed by atoms with E-state index in [4.69, 9.17) is 11.6 Å². The summed E-state index contributed by atoms with van der Waals surface area (Å²) in [4.78, 5) is 2.20. The second kappa shape index (κ2) is 5.24. The molecule has 0 amide bonds. The lowest BCUT2D eigenvalue weighted by atomic mass is 10.1. The quantitative estimate of drug-likeness (QED) is 0.941. The lowest BCUT2D eigenvalue weighted by Gasteiger charge is -2.27. The van der Waals surface area contributed by atoms with Gasteiger partial charge in [-0.15, -0.1) is 0 Å². The van der Waals surface area contributed by atoms with Gasteiger partial charge in [-0.2, -0.15) is 0 Å². The second-order valence-corrected chi connectivity index (χ2v) is 6.03. The van der Waals surface area contributed by atoms with Gasteiger partial charge in [0.15, 0.2) is 0 Å². The summed E-state index contributed by atoms with van der Waals surface area (Å²) < 4.78 is 2.04. The van der Waals surface area contributed by atoms with Crippen molar-refractivity contribution in [3.05, 3.63) is 58.4 Å². The van der Waals surface area contributed by atoms with E-state index in [2.05, 4.69) is 18.0 Å². The topological polar surface area (TPSA) is 28.4 Å². The highest BCUT2D eigenvalue weighted by Gasteiger charge is 2.33. The summed E-state index contributed by atoms with van der Waals surface area (Å²) in [5, 5.41) is 11.2. The molecule has 3 nitrogen and oxygen atoms in total. The van der Waals surface area contributed by atoms with E-state index in [1.54, 1.807) is 0 Å². The van der Waals surface area contributed by atoms with Gasteiger partial charge >= 0.3 is 0 Å². The Balaban J connectivity index is 1.76. The van der Waals surface area contributed by atoms with Crippen LogP contribution < -0.4 is 0 Å². The van der Waals surface area contributed by atoms with E-state index in [1.165, 1.54) is 5.56 Å². The molecule has 0 fully saturated rings. The van der Waals surface area contributed by atoms with Gasteiger partial charge in [-0.1, -0.05) is 35.9 Å². The molecule has 2 aromatic rings. The van der Waals surface area contributed by atoms with E-state index < -0.39 is 6.10 Å². The summed E-state index contributed by atoms with van der Waals surface area (Å²) in [5.74, 6) is 0. The van der Waals surface area contributed by atoms with Crippen LogP contribution in [0.4, 0.5) is 0 Å². The van der Waals surface area contributed by atoms with Gasteiger partial charge in [0.05, 0.1) is 11.1 Å². The summed E-state index contributed by atoms with van der Waals surface area (Å²) in [7, 11) is 4.05. The number of nitrogens with zero attached hydrogens (tertiary/aromatic N) is 2. The number of hydrogen-bond acceptors (Lipinski definition) is 2. The van der Waals surface area contributed by atoms with Crippen LogP contribution in [0.5, 0.6) is 0 Å². The summed E-state index contributed by atoms with van der Waals surface area (Å²) in [6, 6.07) is 10.2. The number of halogens is 1. The first-order chi connectivity index (χ1) is 9.56. The van der Waals surface area contributed by atoms with E-state index in [0.29, 0.717) is 0 Å². The van der Waals surface area contributed by atoms with Crippen molar-refractivity contribution in [2.45, 2.75) is 25.1 Å². The van der Waals surface area contributed by atoms with Crippen LogP contribution in [0, 0.1) is 0 Å². The zero-order chi connectivity index (χ0) is 14.3. The molecular weight excluding hydrogens is 272 g/mol. The molecule has 0 aliphatic heterocycles. The van der Waals surface area contributed by atoms with E-state index in [1.807, 2.05) is 42.1 Å². The molecule has 2 unspecified atom stereocenters. The maximum absolute atomic E-state index is 10.5. The van der Waals surface area contributed by atoms with Crippen molar-refractivity contribution < 1.29 is 5.11 Å². The van der Waals surface area contributed by atoms with Gasteiger partial charge in [0.2, 0.25) is 0 Å². The highest BCUT2D eigenvalue weighted by Crippen LogP contribution is 2.34. The Hall–Kier alpha value is -1.29. The molecule has 0 saturated heterocycles. The Morgan fingerprint density at radius 3 is 2.80 bits per heavy atom. The standard InChI is InChI=1S/C16H19ClN2O/c1-18-9-12(17)8-13(18)10-19(2)15-7-11-5-3-4-6-14(11)16(15)20/h3-6,8-9,15-16,20H,7,10H2,1-2H3. The van der Waals surface area contributed by atoms with E-state index in [0.717, 1.165) is 29.2 Å². The highest BCUT2D eigenvalue weighted by atomic mass is 35.5. The number of aliphatic hydroxyl groups excluding tert-OH is 1. The average Bonchev–Trinajstić information content (AvgIpc) is 2.91. The lowest BCUT2D eigenvalue weighted by molar-refractivity contribution is 0.0710. The van der Waals surface area contributed by atoms with E-state index in [-0.39, 0.29) is 6.04 Å². The van der Waals surface area contributed by atoms with Gasteiger partial charge in [0.25, 0.3) is 0 Å². The largest absolute Gasteiger partial charge is 0.387 e. The predicted octanol–water partition coefficient (Wildman–Crippen LogP) is 2.77. The van der Waals surface area contributed by atoms with Crippen LogP contribution in [0.3, 0.4) is 0 Å². The Kier molecular flexibility index (Phi) is 3.59. The summed E-state index contributed by atoms with van der Waals surface area (Å²) in [6.45, 7) is 0.777. The number of rotatable bonds is 3. The molecule has 1 aromatic heterocycles. The third-order valence-corrected chi connectivity index (χ3v) is 4.43. The highest BCUT2D eigenvalue weighted by molar-refractivity contribution is 6.30. The molecule has 1 aliphatic rings. The Labute approximate surface area is 124 Å². The van der Waals surface area contributed by atoms with Crippen molar-refractivity contribution >= 4 is 11.6 Å². The zero-order valence-electron chi connectivity index (χ0n) is 11.8. The van der Waals surface area contributed by atoms with Gasteiger partial charge in [-0.3, -0.25) is 4.90 Å². The van der Waals surface area contributed by atoms with Crippen molar-refractivity contribution in [2.24, 2.45) is 7.05 Å². The van der Waals surface area contributed by atoms with Crippen LogP contribution in [0.2, 0.25) is 5.02 Å². The maximum Gasteiger partial charge on any atom is 0.0951 e. The third-order valence-electron chi connectivity index (χ3n) is 4.22. The van der Waals surface area contributed by atoms with Crippen molar-refractivity contribution in [3.63, 3.8) is 0 Å². The number of aliphatic hydroxyl groups is 1. The summed E-state index contributed by atoms with van der Waals surface area (Å²) in [6.07, 6.45) is 2.39. The number of likely N-dealkylation sites (N-methyl/N-ethyl adjacent to an activating group) is 1. The number of hydrogen-bond donors (Lipinski definition) is 1. The molecule has 0 spiro atoms. The molecule has 1 aliphatic carbocycles. The second-order valence-electron chi connectivity index (χ2n) is 5.59. The monoisotopic (exact) mass is 290 g/mol. The third kappa shape index (κ3) is 2.37. The van der Waals surface area contributed by atoms with Gasteiger partial charge in [0.1, 0.15) is 0 Å². The van der Waals surface area contributed by atoms with Crippen LogP contribution in [-0.2, 0) is 20.0 Å². The Morgan fingerprint density at radius 2 is 2.15 bits per heavy atom. The fourth-order valence-corrected chi connectivity index (χ4v) is 3.32. The number of benzene rings is 1. The Bertz CT molecular complexity index is 623. The number of fused-ring (bicyclic) bond motifs is 1. The molecule has 3 rings (SSSR count). The van der Waals surface area contributed by atoms with Crippen LogP contribution in [0.15, 0.2) is 36.5 Å². The molecule has 20 heavy (non-hydrogen) atoms. The molecule has 106 valence electrons. The van der Waals surface area contributed by atoms with Crippen molar-refractivity contribution in [1.29, 1.82) is 0 Å². The molecule has 0 radical (unpaired) electrons. The molecule has 0 saturated carbocycles. The van der Waals surface area contributed by atoms with Crippen molar-refractivity contribution in [3.8, 4) is 0 Å². The molecule has 2 atom stereocenters. The van der Waals surface area contributed by atoms with Crippen molar-refractivity contribution in [1.82, 2.24) is 9.47 Å². The zero-order valence-corrected chi connectivity index (χ0v) is 12.5. The first kappa shape index (κ1) is 13.7. The first-order valence-electron chi connectivity index (χ1n) is 6.83. The van der Waals surface area contributed by atoms with Gasteiger partial charge < -0.3 is 9.67 Å². The average molecular weight is 291 g/mol. The van der Waals surface area contributed by atoms with Gasteiger partial charge in [-0.25, -0.2) is 0 Å². The van der Waals surface area contributed by atoms with E-state index >= 15 is 0 Å². The van der Waals surface area contributed by atoms with Crippen LogP contribution in [-0.4, -0.2) is 27.7 Å². The predicted molar refractivity (Wildman–Crippen MR) is 80.8 cm³/mol. The van der Waals surface area contributed by atoms with Crippen LogP contribution in [0.1, 0.15) is 22.9 Å². The minimum Gasteiger partial charge on any atom is -0.387 e. The summed E-state index contributed by atoms with van der Waals surface area (Å²) in [5.41, 5.74) is 3.47. The minimum atomic E-state index is -0.410. The van der Waals surface area contributed by atoms with Crippen molar-refractivity contribution in [2.75, 3.05) is 7.05 Å². The summed E-state index contributed by atoms with van der Waals surface area (Å²) >= 11 is 6.02. The number of aromatic nitrogens is 1. The van der Waals surface area contributed by atoms with Gasteiger partial charge in [-0.05, 0) is 30.7 Å². The fraction of sp³-hybridized carbons (Fsp3) is 0.375. The van der Waals surface area contributed by atoms with Crippen LogP contribution in [0.25, 0.3) is 0 Å². The first-order valence-corrected chi connectivity index (χ1v) is 7.21. The lowest BCUT2D eigenvalue weighted by Crippen LogP contribution is -2.35. The molecule has 0 bridgehead atoms. The molecular formula is C16H19ClN2O. The molecule has 1 heterocycles. The maximum atomic E-state index is 10.5. The van der Waals surface area contributed by atoms with E-state index in [9.17, 15) is 5.11 Å². The molecule has 1 aromatic carbocycles. The smallest absolute Gasteiger partial charge is 0.0951 e. The van der Waals surface area contributed by atoms with Crippen LogP contribution >= 0.6 is 11.6 Å². The molecule has 1 N–H and O–H groups in total. The SMILES string of the molecule is CN(Cc1cc(Cl)cn1C)C1Cc2ccccc2C1O. The minimum absolute atomic E-state index is 0.126. The number of aryl methyl sites for hydroxylation is 1. The normalized spacial score (nSPS) is 21.4. The van der Waals surface area contributed by atoms with Gasteiger partial charge in [0, 0.05) is 31.5 Å².